The Morgan fingerprint density at radius 1 is 1.22 bits per heavy atom. The van der Waals surface area contributed by atoms with Crippen molar-refractivity contribution in [2.45, 2.75) is 31.1 Å². The molecule has 1 aromatic heterocycles. The molecule has 3 aromatic rings. The first-order chi connectivity index (χ1) is 13.2. The number of fused-ring (bicyclic) bond motifs is 3. The van der Waals surface area contributed by atoms with Crippen molar-refractivity contribution in [2.24, 2.45) is 0 Å². The molecule has 6 nitrogen and oxygen atoms in total. The Morgan fingerprint density at radius 3 is 2.89 bits per heavy atom. The lowest BCUT2D eigenvalue weighted by Gasteiger charge is -2.22. The summed E-state index contributed by atoms with van der Waals surface area (Å²) in [5.41, 5.74) is 2.86. The molecule has 0 radical (unpaired) electrons. The van der Waals surface area contributed by atoms with E-state index in [-0.39, 0.29) is 17.5 Å². The van der Waals surface area contributed by atoms with Gasteiger partial charge in [-0.25, -0.2) is 0 Å². The quantitative estimate of drug-likeness (QED) is 0.359. The monoisotopic (exact) mass is 381 g/mol. The molecule has 0 spiro atoms. The van der Waals surface area contributed by atoms with Crippen molar-refractivity contribution in [3.63, 3.8) is 0 Å². The molecule has 0 amide bonds. The number of anilines is 1. The largest absolute Gasteiger partial charge is 0.508 e. The number of unbranched alkanes of at least 4 members (excludes halogenated alkanes) is 1. The predicted octanol–water partition coefficient (Wildman–Crippen LogP) is 3.29. The summed E-state index contributed by atoms with van der Waals surface area (Å²) in [4.78, 5) is 15.8. The van der Waals surface area contributed by atoms with E-state index in [1.165, 1.54) is 0 Å². The molecule has 1 aliphatic rings. The fourth-order valence-electron chi connectivity index (χ4n) is 3.19. The molecule has 0 saturated carbocycles. The Labute approximate surface area is 161 Å². The van der Waals surface area contributed by atoms with Gasteiger partial charge in [-0.2, -0.15) is 0 Å². The van der Waals surface area contributed by atoms with E-state index in [0.717, 1.165) is 35.4 Å². The third-order valence-corrected chi connectivity index (χ3v) is 5.45. The Kier molecular flexibility index (Phi) is 4.85. The van der Waals surface area contributed by atoms with Crippen LogP contribution in [-0.4, -0.2) is 20.9 Å². The topological polar surface area (TPSA) is 81.9 Å². The second-order valence-corrected chi connectivity index (χ2v) is 7.53. The van der Waals surface area contributed by atoms with Gasteiger partial charge in [0.2, 0.25) is 5.16 Å². The van der Waals surface area contributed by atoms with Crippen LogP contribution in [0.4, 0.5) is 5.69 Å². The van der Waals surface area contributed by atoms with E-state index in [9.17, 15) is 9.90 Å². The van der Waals surface area contributed by atoms with Crippen LogP contribution in [0.5, 0.6) is 5.75 Å². The van der Waals surface area contributed by atoms with Gasteiger partial charge in [-0.05, 0) is 41.4 Å². The third-order valence-electron chi connectivity index (χ3n) is 4.50. The van der Waals surface area contributed by atoms with Crippen LogP contribution in [-0.2, 0) is 0 Å². The number of rotatable bonds is 5. The van der Waals surface area contributed by atoms with Crippen molar-refractivity contribution in [2.75, 3.05) is 11.1 Å². The van der Waals surface area contributed by atoms with Gasteiger partial charge in [0.05, 0.1) is 11.3 Å². The fraction of sp³-hybridized carbons (Fsp3) is 0.250. The number of aromatic nitrogens is 3. The van der Waals surface area contributed by atoms with Gasteiger partial charge < -0.3 is 10.4 Å². The molecule has 0 unspecified atom stereocenters. The number of H-pyrrole nitrogens is 1. The molecular weight excluding hydrogens is 360 g/mol. The van der Waals surface area contributed by atoms with Crippen LogP contribution >= 0.6 is 11.8 Å². The molecule has 3 N–H and O–H groups in total. The van der Waals surface area contributed by atoms with Crippen molar-refractivity contribution >= 4 is 17.4 Å². The number of hydrogen-bond acceptors (Lipinski definition) is 5. The minimum atomic E-state index is -0.380. The summed E-state index contributed by atoms with van der Waals surface area (Å²) in [6.07, 6.45) is 1.78. The van der Waals surface area contributed by atoms with E-state index in [1.807, 2.05) is 30.3 Å². The lowest BCUT2D eigenvalue weighted by atomic mass is 10.0. The first-order valence-corrected chi connectivity index (χ1v) is 9.99. The molecule has 0 saturated heterocycles. The highest BCUT2D eigenvalue weighted by Crippen LogP contribution is 2.32. The van der Waals surface area contributed by atoms with Crippen molar-refractivity contribution in [1.82, 2.24) is 10.1 Å². The molecule has 7 heteroatoms. The van der Waals surface area contributed by atoms with E-state index in [1.54, 1.807) is 34.6 Å². The van der Waals surface area contributed by atoms with Gasteiger partial charge in [-0.1, -0.05) is 43.3 Å². The number of hydrogen-bond donors (Lipinski definition) is 3. The second kappa shape index (κ2) is 7.44. The summed E-state index contributed by atoms with van der Waals surface area (Å²) >= 11 is 1.55. The summed E-state index contributed by atoms with van der Waals surface area (Å²) < 4.78 is 1.73. The molecule has 1 atom stereocenters. The van der Waals surface area contributed by atoms with Crippen LogP contribution in [0.15, 0.2) is 58.5 Å². The lowest BCUT2D eigenvalue weighted by Crippen LogP contribution is -2.55. The van der Waals surface area contributed by atoms with Crippen LogP contribution in [0.2, 0.25) is 0 Å². The number of para-hydroxylation sites is 1. The molecular formula is C20H21N4O2S+. The van der Waals surface area contributed by atoms with Gasteiger partial charge >= 0.3 is 11.3 Å². The number of thioether (sulfide) groups is 1. The molecule has 138 valence electrons. The number of aromatic hydroxyl groups is 1. The average Bonchev–Trinajstić information content (AvgIpc) is 2.67. The summed E-state index contributed by atoms with van der Waals surface area (Å²) in [5, 5.41) is 18.7. The molecule has 2 heterocycles. The molecule has 2 aromatic carbocycles. The highest BCUT2D eigenvalue weighted by atomic mass is 32.2. The molecule has 0 bridgehead atoms. The van der Waals surface area contributed by atoms with Gasteiger partial charge in [-0.15, -0.1) is 0 Å². The van der Waals surface area contributed by atoms with Crippen LogP contribution in [0.3, 0.4) is 0 Å². The highest BCUT2D eigenvalue weighted by Gasteiger charge is 2.37. The number of phenolic OH excluding ortho intramolecular Hbond substituents is 1. The number of aromatic amines is 1. The fourth-order valence-corrected chi connectivity index (χ4v) is 4.12. The maximum Gasteiger partial charge on any atom is 0.325 e. The average molecular weight is 381 g/mol. The van der Waals surface area contributed by atoms with E-state index in [2.05, 4.69) is 17.2 Å². The summed E-state index contributed by atoms with van der Waals surface area (Å²) in [5.74, 6) is 1.08. The van der Waals surface area contributed by atoms with Gasteiger partial charge in [0.1, 0.15) is 5.75 Å². The number of benzene rings is 2. The standard InChI is InChI=1S/C20H20N4O2S/c1-2-3-11-27-20-22-19(26)17-15-9-4-5-10-16(15)21-18(24(17)23-20)13-7-6-8-14(25)12-13/h4-10,12,18H,2-3,11H2,1H3,(H2,22,23,25,26)/p+1/t18-/m1/s1. The predicted molar refractivity (Wildman–Crippen MR) is 106 cm³/mol. The molecule has 1 aliphatic heterocycles. The minimum absolute atomic E-state index is 0.164. The van der Waals surface area contributed by atoms with E-state index < -0.39 is 0 Å². The van der Waals surface area contributed by atoms with Crippen LogP contribution in [0, 0.1) is 0 Å². The second-order valence-electron chi connectivity index (χ2n) is 6.44. The number of nitrogens with one attached hydrogen (secondary N) is 2. The van der Waals surface area contributed by atoms with Crippen LogP contribution in [0.1, 0.15) is 31.5 Å². The summed E-state index contributed by atoms with van der Waals surface area (Å²) in [6.45, 7) is 2.14. The van der Waals surface area contributed by atoms with Gasteiger partial charge in [0, 0.05) is 16.4 Å². The van der Waals surface area contributed by atoms with E-state index >= 15 is 0 Å². The Hall–Kier alpha value is -2.80. The SMILES string of the molecule is CCCCSc1n[n+]2c(c(=O)[nH]1)-c1ccccc1N[C@H]2c1cccc(O)c1. The van der Waals surface area contributed by atoms with Gasteiger partial charge in [0.25, 0.3) is 6.17 Å². The van der Waals surface area contributed by atoms with Gasteiger partial charge in [0.15, 0.2) is 0 Å². The third kappa shape index (κ3) is 3.42. The smallest absolute Gasteiger partial charge is 0.325 e. The van der Waals surface area contributed by atoms with Crippen molar-refractivity contribution in [1.29, 1.82) is 0 Å². The lowest BCUT2D eigenvalue weighted by molar-refractivity contribution is -0.759. The Bertz CT molecular complexity index is 1030. The van der Waals surface area contributed by atoms with Crippen LogP contribution < -0.4 is 15.6 Å². The number of phenols is 1. The number of nitrogens with zero attached hydrogens (tertiary/aromatic N) is 2. The summed E-state index contributed by atoms with van der Waals surface area (Å²) in [6, 6.07) is 14.7. The first-order valence-electron chi connectivity index (χ1n) is 9.01. The van der Waals surface area contributed by atoms with E-state index in [4.69, 9.17) is 5.10 Å². The molecule has 4 rings (SSSR count). The van der Waals surface area contributed by atoms with Gasteiger partial charge in [-0.3, -0.25) is 9.78 Å². The zero-order chi connectivity index (χ0) is 18.8. The minimum Gasteiger partial charge on any atom is -0.508 e. The normalized spacial score (nSPS) is 14.9. The molecule has 27 heavy (non-hydrogen) atoms. The molecule has 0 fully saturated rings. The van der Waals surface area contributed by atoms with E-state index in [0.29, 0.717) is 10.9 Å². The summed E-state index contributed by atoms with van der Waals surface area (Å²) in [7, 11) is 0. The zero-order valence-corrected chi connectivity index (χ0v) is 15.8. The maximum atomic E-state index is 12.9. The van der Waals surface area contributed by atoms with Crippen molar-refractivity contribution in [3.8, 4) is 17.0 Å². The highest BCUT2D eigenvalue weighted by molar-refractivity contribution is 7.99. The Morgan fingerprint density at radius 2 is 2.07 bits per heavy atom. The van der Waals surface area contributed by atoms with Crippen LogP contribution in [0.25, 0.3) is 11.3 Å². The van der Waals surface area contributed by atoms with Crippen molar-refractivity contribution < 1.29 is 9.79 Å². The Balaban J connectivity index is 1.86. The first kappa shape index (κ1) is 17.6. The maximum absolute atomic E-state index is 12.9. The zero-order valence-electron chi connectivity index (χ0n) is 15.0. The van der Waals surface area contributed by atoms with Crippen molar-refractivity contribution in [3.05, 3.63) is 64.4 Å². The molecule has 0 aliphatic carbocycles.